The molecule has 0 atom stereocenters. The number of hydrogen-bond acceptors (Lipinski definition) is 3. The molecule has 5 heteroatoms. The van der Waals surface area contributed by atoms with Crippen LogP contribution in [-0.4, -0.2) is 48.9 Å². The number of carbonyl (C=O) groups excluding carboxylic acids is 2. The van der Waals surface area contributed by atoms with Gasteiger partial charge in [-0.25, -0.2) is 0 Å². The predicted molar refractivity (Wildman–Crippen MR) is 95.7 cm³/mol. The molecule has 0 unspecified atom stereocenters. The summed E-state index contributed by atoms with van der Waals surface area (Å²) >= 11 is 0. The Kier molecular flexibility index (Phi) is 7.75. The Morgan fingerprint density at radius 3 is 2.42 bits per heavy atom. The van der Waals surface area contributed by atoms with Crippen molar-refractivity contribution in [1.82, 2.24) is 15.5 Å². The molecule has 1 aliphatic rings. The first kappa shape index (κ1) is 18.5. The third-order valence-electron chi connectivity index (χ3n) is 4.54. The van der Waals surface area contributed by atoms with Gasteiger partial charge in [0.1, 0.15) is 0 Å². The van der Waals surface area contributed by atoms with Crippen molar-refractivity contribution in [1.29, 1.82) is 0 Å². The summed E-state index contributed by atoms with van der Waals surface area (Å²) in [5, 5.41) is 5.58. The van der Waals surface area contributed by atoms with E-state index < -0.39 is 0 Å². The lowest BCUT2D eigenvalue weighted by molar-refractivity contribution is -0.123. The molecule has 1 aromatic rings. The molecule has 2 amide bonds. The first-order valence-electron chi connectivity index (χ1n) is 8.94. The van der Waals surface area contributed by atoms with Gasteiger partial charge in [-0.15, -0.1) is 0 Å². The average molecular weight is 331 g/mol. The van der Waals surface area contributed by atoms with E-state index in [0.717, 1.165) is 13.0 Å². The van der Waals surface area contributed by atoms with Crippen molar-refractivity contribution >= 4 is 11.8 Å². The maximum Gasteiger partial charge on any atom is 0.234 e. The van der Waals surface area contributed by atoms with Crippen molar-refractivity contribution < 1.29 is 9.59 Å². The largest absolute Gasteiger partial charge is 0.355 e. The lowest BCUT2D eigenvalue weighted by atomic mass is 10.1. The molecule has 132 valence electrons. The Hall–Kier alpha value is -1.88. The van der Waals surface area contributed by atoms with Crippen molar-refractivity contribution in [3.63, 3.8) is 0 Å². The van der Waals surface area contributed by atoms with E-state index in [1.807, 2.05) is 6.07 Å². The molecular weight excluding hydrogens is 302 g/mol. The molecule has 0 spiro atoms. The predicted octanol–water partition coefficient (Wildman–Crippen LogP) is 1.73. The second kappa shape index (κ2) is 10.1. The standard InChI is InChI=1S/C19H29N3O2/c1-16(23)20-12-13-21-19(24)15-22(18-9-5-6-10-18)14-11-17-7-3-2-4-8-17/h2-4,7-8,18H,5-6,9-15H2,1H3,(H,20,23)(H,21,24). The minimum atomic E-state index is -0.0697. The topological polar surface area (TPSA) is 61.4 Å². The van der Waals surface area contributed by atoms with E-state index in [1.54, 1.807) is 0 Å². The fourth-order valence-corrected chi connectivity index (χ4v) is 3.26. The van der Waals surface area contributed by atoms with Crippen LogP contribution in [-0.2, 0) is 16.0 Å². The third-order valence-corrected chi connectivity index (χ3v) is 4.54. The smallest absolute Gasteiger partial charge is 0.234 e. The summed E-state index contributed by atoms with van der Waals surface area (Å²) in [4.78, 5) is 25.4. The lowest BCUT2D eigenvalue weighted by Gasteiger charge is -2.28. The van der Waals surface area contributed by atoms with Gasteiger partial charge >= 0.3 is 0 Å². The second-order valence-corrected chi connectivity index (χ2v) is 6.48. The normalized spacial score (nSPS) is 14.8. The van der Waals surface area contributed by atoms with Gasteiger partial charge in [0.15, 0.2) is 0 Å². The van der Waals surface area contributed by atoms with E-state index in [2.05, 4.69) is 39.8 Å². The Balaban J connectivity index is 1.79. The molecular formula is C19H29N3O2. The summed E-state index contributed by atoms with van der Waals surface area (Å²) in [6.07, 6.45) is 5.87. The number of rotatable bonds is 9. The monoisotopic (exact) mass is 331 g/mol. The third kappa shape index (κ3) is 6.71. The fraction of sp³-hybridized carbons (Fsp3) is 0.579. The van der Waals surface area contributed by atoms with Crippen LogP contribution in [0.5, 0.6) is 0 Å². The molecule has 1 aromatic carbocycles. The highest BCUT2D eigenvalue weighted by Crippen LogP contribution is 2.23. The van der Waals surface area contributed by atoms with Gasteiger partial charge < -0.3 is 10.6 Å². The summed E-state index contributed by atoms with van der Waals surface area (Å²) in [6.45, 7) is 3.79. The SMILES string of the molecule is CC(=O)NCCNC(=O)CN(CCc1ccccc1)C1CCCC1. The molecule has 0 heterocycles. The highest BCUT2D eigenvalue weighted by molar-refractivity contribution is 5.78. The maximum absolute atomic E-state index is 12.2. The maximum atomic E-state index is 12.2. The number of hydrogen-bond donors (Lipinski definition) is 2. The van der Waals surface area contributed by atoms with E-state index >= 15 is 0 Å². The van der Waals surface area contributed by atoms with Crippen LogP contribution in [0.4, 0.5) is 0 Å². The molecule has 1 aliphatic carbocycles. The van der Waals surface area contributed by atoms with E-state index in [9.17, 15) is 9.59 Å². The number of carbonyl (C=O) groups is 2. The summed E-state index contributed by atoms with van der Waals surface area (Å²) in [7, 11) is 0. The van der Waals surface area contributed by atoms with Gasteiger partial charge in [-0.1, -0.05) is 43.2 Å². The molecule has 0 aromatic heterocycles. The molecule has 2 N–H and O–H groups in total. The summed E-state index contributed by atoms with van der Waals surface area (Å²) in [6, 6.07) is 10.9. The Morgan fingerprint density at radius 1 is 1.08 bits per heavy atom. The van der Waals surface area contributed by atoms with Crippen molar-refractivity contribution in [2.75, 3.05) is 26.2 Å². The highest BCUT2D eigenvalue weighted by atomic mass is 16.2. The summed E-state index contributed by atoms with van der Waals surface area (Å²) < 4.78 is 0. The molecule has 0 aliphatic heterocycles. The van der Waals surface area contributed by atoms with Crippen LogP contribution in [0.25, 0.3) is 0 Å². The van der Waals surface area contributed by atoms with Crippen LogP contribution in [0.2, 0.25) is 0 Å². The number of amides is 2. The highest BCUT2D eigenvalue weighted by Gasteiger charge is 2.24. The Labute approximate surface area is 144 Å². The van der Waals surface area contributed by atoms with E-state index in [-0.39, 0.29) is 11.8 Å². The molecule has 1 saturated carbocycles. The number of nitrogens with one attached hydrogen (secondary N) is 2. The number of nitrogens with zero attached hydrogens (tertiary/aromatic N) is 1. The summed E-state index contributed by atoms with van der Waals surface area (Å²) in [5.74, 6) is -0.0278. The minimum Gasteiger partial charge on any atom is -0.355 e. The van der Waals surface area contributed by atoms with Crippen LogP contribution in [0.15, 0.2) is 30.3 Å². The molecule has 0 bridgehead atoms. The number of benzene rings is 1. The van der Waals surface area contributed by atoms with Gasteiger partial charge in [0.2, 0.25) is 11.8 Å². The minimum absolute atomic E-state index is 0.0420. The van der Waals surface area contributed by atoms with Crippen molar-refractivity contribution in [3.05, 3.63) is 35.9 Å². The average Bonchev–Trinajstić information content (AvgIpc) is 3.10. The van der Waals surface area contributed by atoms with Crippen LogP contribution < -0.4 is 10.6 Å². The van der Waals surface area contributed by atoms with Crippen LogP contribution in [0.3, 0.4) is 0 Å². The van der Waals surface area contributed by atoms with E-state index in [4.69, 9.17) is 0 Å². The van der Waals surface area contributed by atoms with Gasteiger partial charge in [0.25, 0.3) is 0 Å². The Morgan fingerprint density at radius 2 is 1.75 bits per heavy atom. The molecule has 5 nitrogen and oxygen atoms in total. The van der Waals surface area contributed by atoms with E-state index in [0.29, 0.717) is 25.7 Å². The van der Waals surface area contributed by atoms with Crippen LogP contribution in [0.1, 0.15) is 38.2 Å². The van der Waals surface area contributed by atoms with E-state index in [1.165, 1.54) is 38.2 Å². The second-order valence-electron chi connectivity index (χ2n) is 6.48. The lowest BCUT2D eigenvalue weighted by Crippen LogP contribution is -2.44. The van der Waals surface area contributed by atoms with Crippen molar-refractivity contribution in [2.24, 2.45) is 0 Å². The fourth-order valence-electron chi connectivity index (χ4n) is 3.26. The zero-order valence-corrected chi connectivity index (χ0v) is 14.6. The molecule has 1 fully saturated rings. The molecule has 0 radical (unpaired) electrons. The van der Waals surface area contributed by atoms with Gasteiger partial charge in [-0.05, 0) is 24.8 Å². The quantitative estimate of drug-likeness (QED) is 0.678. The zero-order valence-electron chi connectivity index (χ0n) is 14.6. The van der Waals surface area contributed by atoms with Crippen molar-refractivity contribution in [3.8, 4) is 0 Å². The van der Waals surface area contributed by atoms with Gasteiger partial charge in [0, 0.05) is 32.6 Å². The molecule has 24 heavy (non-hydrogen) atoms. The van der Waals surface area contributed by atoms with Gasteiger partial charge in [0.05, 0.1) is 6.54 Å². The van der Waals surface area contributed by atoms with Gasteiger partial charge in [-0.3, -0.25) is 14.5 Å². The Bertz CT molecular complexity index is 513. The van der Waals surface area contributed by atoms with Crippen LogP contribution >= 0.6 is 0 Å². The van der Waals surface area contributed by atoms with Crippen LogP contribution in [0, 0.1) is 0 Å². The molecule has 2 rings (SSSR count). The summed E-state index contributed by atoms with van der Waals surface area (Å²) in [5.41, 5.74) is 1.31. The first-order chi connectivity index (χ1) is 11.6. The zero-order chi connectivity index (χ0) is 17.2. The van der Waals surface area contributed by atoms with Crippen molar-refractivity contribution in [2.45, 2.75) is 45.1 Å². The molecule has 0 saturated heterocycles. The first-order valence-corrected chi connectivity index (χ1v) is 8.94. The van der Waals surface area contributed by atoms with Gasteiger partial charge in [-0.2, -0.15) is 0 Å².